The molecule has 1 aromatic carbocycles. The minimum absolute atomic E-state index is 0.125. The zero-order chi connectivity index (χ0) is 11.5. The second-order valence-corrected chi connectivity index (χ2v) is 3.42. The van der Waals surface area contributed by atoms with Crippen LogP contribution in [0.2, 0.25) is 5.02 Å². The minimum atomic E-state index is -1.13. The van der Waals surface area contributed by atoms with E-state index in [9.17, 15) is 4.79 Å². The second-order valence-electron chi connectivity index (χ2n) is 2.98. The fourth-order valence-corrected chi connectivity index (χ4v) is 1.23. The lowest BCUT2D eigenvalue weighted by Gasteiger charge is -2.00. The third kappa shape index (κ3) is 2.35. The highest BCUT2D eigenvalue weighted by Crippen LogP contribution is 2.24. The summed E-state index contributed by atoms with van der Waals surface area (Å²) >= 11 is 5.70. The molecule has 1 heterocycles. The van der Waals surface area contributed by atoms with Crippen LogP contribution in [0.5, 0.6) is 11.7 Å². The monoisotopic (exact) mass is 238 g/mol. The van der Waals surface area contributed by atoms with Crippen molar-refractivity contribution in [3.63, 3.8) is 0 Å². The molecule has 0 bridgehead atoms. The van der Waals surface area contributed by atoms with Gasteiger partial charge in [-0.1, -0.05) is 11.6 Å². The van der Waals surface area contributed by atoms with Crippen LogP contribution in [0.25, 0.3) is 0 Å². The summed E-state index contributed by atoms with van der Waals surface area (Å²) in [5.74, 6) is -0.648. The van der Waals surface area contributed by atoms with Gasteiger partial charge in [-0.3, -0.25) is 0 Å². The number of carboxylic acid groups (broad SMARTS) is 1. The Balaban J connectivity index is 2.14. The Morgan fingerprint density at radius 3 is 2.44 bits per heavy atom. The number of rotatable bonds is 3. The zero-order valence-electron chi connectivity index (χ0n) is 8.01. The maximum Gasteiger partial charge on any atom is 0.371 e. The molecule has 2 aromatic rings. The Bertz CT molecular complexity index is 501. The van der Waals surface area contributed by atoms with E-state index in [1.807, 2.05) is 0 Å². The Hall–Kier alpha value is -1.94. The molecule has 0 unspecified atom stereocenters. The Morgan fingerprint density at radius 2 is 1.88 bits per heavy atom. The van der Waals surface area contributed by atoms with Gasteiger partial charge in [0.1, 0.15) is 5.75 Å². The molecule has 82 valence electrons. The van der Waals surface area contributed by atoms with Gasteiger partial charge in [0.25, 0.3) is 5.95 Å². The van der Waals surface area contributed by atoms with E-state index in [0.717, 1.165) is 0 Å². The Kier molecular flexibility index (Phi) is 2.83. The quantitative estimate of drug-likeness (QED) is 0.890. The van der Waals surface area contributed by atoms with Crippen LogP contribution in [0, 0.1) is 0 Å². The minimum Gasteiger partial charge on any atom is -0.475 e. The smallest absolute Gasteiger partial charge is 0.371 e. The number of hydrogen-bond donors (Lipinski definition) is 1. The summed E-state index contributed by atoms with van der Waals surface area (Å²) in [7, 11) is 0. The molecule has 1 aromatic heterocycles. The van der Waals surface area contributed by atoms with Gasteiger partial charge in [0.05, 0.1) is 0 Å². The maximum absolute atomic E-state index is 10.5. The first-order valence-electron chi connectivity index (χ1n) is 4.42. The second kappa shape index (κ2) is 4.28. The van der Waals surface area contributed by atoms with Crippen LogP contribution >= 0.6 is 11.6 Å². The highest BCUT2D eigenvalue weighted by Gasteiger charge is 2.09. The summed E-state index contributed by atoms with van der Waals surface area (Å²) in [6, 6.07) is 9.41. The molecule has 5 heteroatoms. The van der Waals surface area contributed by atoms with Crippen LogP contribution in [0.1, 0.15) is 10.6 Å². The average molecular weight is 239 g/mol. The van der Waals surface area contributed by atoms with Crippen molar-refractivity contribution in [2.45, 2.75) is 0 Å². The molecule has 0 radical (unpaired) electrons. The predicted octanol–water partition coefficient (Wildman–Crippen LogP) is 3.42. The van der Waals surface area contributed by atoms with Gasteiger partial charge in [-0.2, -0.15) is 0 Å². The molecule has 2 rings (SSSR count). The zero-order valence-corrected chi connectivity index (χ0v) is 8.77. The molecule has 0 aliphatic rings. The van der Waals surface area contributed by atoms with Crippen molar-refractivity contribution < 1.29 is 19.1 Å². The lowest BCUT2D eigenvalue weighted by molar-refractivity contribution is 0.0657. The lowest BCUT2D eigenvalue weighted by Crippen LogP contribution is -1.91. The SMILES string of the molecule is O=C(O)c1ccc(Oc2ccc(Cl)cc2)o1. The average Bonchev–Trinajstić information content (AvgIpc) is 2.70. The van der Waals surface area contributed by atoms with Crippen molar-refractivity contribution in [2.24, 2.45) is 0 Å². The Labute approximate surface area is 96.0 Å². The maximum atomic E-state index is 10.5. The Morgan fingerprint density at radius 1 is 1.19 bits per heavy atom. The molecule has 0 aliphatic carbocycles. The molecule has 0 atom stereocenters. The van der Waals surface area contributed by atoms with Crippen molar-refractivity contribution >= 4 is 17.6 Å². The number of aromatic carboxylic acids is 1. The number of ether oxygens (including phenoxy) is 1. The van der Waals surface area contributed by atoms with Crippen molar-refractivity contribution in [1.82, 2.24) is 0 Å². The number of furan rings is 1. The highest BCUT2D eigenvalue weighted by atomic mass is 35.5. The summed E-state index contributed by atoms with van der Waals surface area (Å²) in [5, 5.41) is 9.23. The number of carboxylic acids is 1. The fraction of sp³-hybridized carbons (Fsp3) is 0. The molecule has 0 saturated carbocycles. The molecule has 16 heavy (non-hydrogen) atoms. The van der Waals surface area contributed by atoms with Gasteiger partial charge in [-0.05, 0) is 30.3 Å². The summed E-state index contributed by atoms with van der Waals surface area (Å²) < 4.78 is 10.2. The van der Waals surface area contributed by atoms with Gasteiger partial charge >= 0.3 is 5.97 Å². The molecule has 0 spiro atoms. The third-order valence-electron chi connectivity index (χ3n) is 1.82. The van der Waals surface area contributed by atoms with Crippen molar-refractivity contribution in [1.29, 1.82) is 0 Å². The van der Waals surface area contributed by atoms with E-state index >= 15 is 0 Å². The van der Waals surface area contributed by atoms with Crippen molar-refractivity contribution in [2.75, 3.05) is 0 Å². The first kappa shape index (κ1) is 10.6. The molecule has 4 nitrogen and oxygen atoms in total. The molecule has 0 fully saturated rings. The van der Waals surface area contributed by atoms with Crippen LogP contribution in [-0.4, -0.2) is 11.1 Å². The summed E-state index contributed by atoms with van der Waals surface area (Å²) in [5.41, 5.74) is 0. The van der Waals surface area contributed by atoms with Crippen LogP contribution in [0.3, 0.4) is 0 Å². The highest BCUT2D eigenvalue weighted by molar-refractivity contribution is 6.30. The van der Waals surface area contributed by atoms with Gasteiger partial charge in [-0.25, -0.2) is 4.79 Å². The molecule has 0 saturated heterocycles. The van der Waals surface area contributed by atoms with E-state index in [4.69, 9.17) is 25.9 Å². The molecule has 0 aliphatic heterocycles. The number of hydrogen-bond acceptors (Lipinski definition) is 3. The summed E-state index contributed by atoms with van der Waals surface area (Å²) in [6.07, 6.45) is 0. The molecular formula is C11H7ClO4. The first-order valence-corrected chi connectivity index (χ1v) is 4.79. The van der Waals surface area contributed by atoms with Gasteiger partial charge in [0.15, 0.2) is 0 Å². The summed E-state index contributed by atoms with van der Waals surface area (Å²) in [6.45, 7) is 0. The van der Waals surface area contributed by atoms with Crippen molar-refractivity contribution in [3.8, 4) is 11.7 Å². The summed E-state index contributed by atoms with van der Waals surface area (Å²) in [4.78, 5) is 10.5. The van der Waals surface area contributed by atoms with Crippen LogP contribution < -0.4 is 4.74 Å². The van der Waals surface area contributed by atoms with Crippen molar-refractivity contribution in [3.05, 3.63) is 47.2 Å². The van der Waals surface area contributed by atoms with E-state index < -0.39 is 5.97 Å². The standard InChI is InChI=1S/C11H7ClO4/c12-7-1-3-8(4-2-7)15-10-6-5-9(16-10)11(13)14/h1-6H,(H,13,14). The topological polar surface area (TPSA) is 59.7 Å². The fourth-order valence-electron chi connectivity index (χ4n) is 1.11. The van der Waals surface area contributed by atoms with E-state index in [0.29, 0.717) is 10.8 Å². The van der Waals surface area contributed by atoms with Gasteiger partial charge in [0, 0.05) is 11.1 Å². The lowest BCUT2D eigenvalue weighted by atomic mass is 10.3. The van der Waals surface area contributed by atoms with Crippen LogP contribution in [-0.2, 0) is 0 Å². The molecule has 1 N–H and O–H groups in total. The predicted molar refractivity (Wildman–Crippen MR) is 57.2 cm³/mol. The van der Waals surface area contributed by atoms with Crippen LogP contribution in [0.4, 0.5) is 0 Å². The van der Waals surface area contributed by atoms with Gasteiger partial charge < -0.3 is 14.3 Å². The third-order valence-corrected chi connectivity index (χ3v) is 2.08. The molecular weight excluding hydrogens is 232 g/mol. The van der Waals surface area contributed by atoms with E-state index in [1.54, 1.807) is 24.3 Å². The van der Waals surface area contributed by atoms with Crippen LogP contribution in [0.15, 0.2) is 40.8 Å². The van der Waals surface area contributed by atoms with Gasteiger partial charge in [0.2, 0.25) is 5.76 Å². The van der Waals surface area contributed by atoms with Gasteiger partial charge in [-0.15, -0.1) is 0 Å². The molecule has 0 amide bonds. The van der Waals surface area contributed by atoms with E-state index in [1.165, 1.54) is 12.1 Å². The largest absolute Gasteiger partial charge is 0.475 e. The number of carbonyl (C=O) groups is 1. The van der Waals surface area contributed by atoms with E-state index in [-0.39, 0.29) is 11.7 Å². The number of benzene rings is 1. The van der Waals surface area contributed by atoms with E-state index in [2.05, 4.69) is 0 Å². The number of halogens is 1. The normalized spacial score (nSPS) is 10.1. The first-order chi connectivity index (χ1) is 7.65.